The molecule has 32 heavy (non-hydrogen) atoms. The van der Waals surface area contributed by atoms with E-state index in [1.165, 1.54) is 17.9 Å². The Morgan fingerprint density at radius 2 is 1.75 bits per heavy atom. The molecule has 1 fully saturated rings. The summed E-state index contributed by atoms with van der Waals surface area (Å²) in [5.74, 6) is 0.571. The second-order valence-electron chi connectivity index (χ2n) is 8.12. The number of aryl methyl sites for hydroxylation is 1. The number of nitrogens with zero attached hydrogens (tertiary/aromatic N) is 4. The second kappa shape index (κ2) is 10.1. The molecule has 170 valence electrons. The molecule has 0 bridgehead atoms. The molecule has 1 amide bonds. The first kappa shape index (κ1) is 22.2. The minimum absolute atomic E-state index is 0.165. The van der Waals surface area contributed by atoms with Crippen LogP contribution in [0.2, 0.25) is 0 Å². The monoisotopic (exact) mass is 436 g/mol. The maximum Gasteiger partial charge on any atom is 0.279 e. The first-order chi connectivity index (χ1) is 15.6. The molecule has 0 N–H and O–H groups in total. The van der Waals surface area contributed by atoms with Gasteiger partial charge in [-0.25, -0.2) is 5.06 Å². The van der Waals surface area contributed by atoms with E-state index in [-0.39, 0.29) is 5.91 Å². The second-order valence-corrected chi connectivity index (χ2v) is 8.12. The molecule has 0 atom stereocenters. The smallest absolute Gasteiger partial charge is 0.279 e. The molecule has 2 heterocycles. The molecule has 1 aliphatic heterocycles. The number of methoxy groups -OCH3 is 1. The van der Waals surface area contributed by atoms with Crippen molar-refractivity contribution in [2.45, 2.75) is 13.0 Å². The summed E-state index contributed by atoms with van der Waals surface area (Å²) in [7, 11) is 4.76. The van der Waals surface area contributed by atoms with Gasteiger partial charge in [-0.3, -0.25) is 14.5 Å². The van der Waals surface area contributed by atoms with Crippen molar-refractivity contribution >= 4 is 22.5 Å². The molecule has 0 unspecified atom stereocenters. The van der Waals surface area contributed by atoms with Crippen LogP contribution in [-0.2, 0) is 11.4 Å². The minimum atomic E-state index is -0.165. The van der Waals surface area contributed by atoms with Crippen molar-refractivity contribution in [3.8, 4) is 5.75 Å². The van der Waals surface area contributed by atoms with Gasteiger partial charge in [0.2, 0.25) is 0 Å². The number of anilines is 1. The number of amides is 1. The van der Waals surface area contributed by atoms with Crippen molar-refractivity contribution in [2.75, 3.05) is 58.9 Å². The van der Waals surface area contributed by atoms with Crippen molar-refractivity contribution in [3.63, 3.8) is 0 Å². The van der Waals surface area contributed by atoms with Crippen LogP contribution < -0.4 is 9.64 Å². The fourth-order valence-corrected chi connectivity index (χ4v) is 4.34. The zero-order chi connectivity index (χ0) is 22.5. The Labute approximate surface area is 189 Å². The Hall–Kier alpha value is -3.03. The van der Waals surface area contributed by atoms with E-state index >= 15 is 0 Å². The Morgan fingerprint density at radius 3 is 2.44 bits per heavy atom. The van der Waals surface area contributed by atoms with Crippen molar-refractivity contribution in [2.24, 2.45) is 0 Å². The normalized spacial score (nSPS) is 14.7. The summed E-state index contributed by atoms with van der Waals surface area (Å²) in [5, 5.41) is 2.14. The molecule has 3 aromatic rings. The fraction of sp³-hybridized carbons (Fsp3) is 0.400. The molecule has 0 aliphatic carbocycles. The highest BCUT2D eigenvalue weighted by atomic mass is 16.7. The van der Waals surface area contributed by atoms with E-state index in [4.69, 9.17) is 9.57 Å². The number of benzene rings is 2. The number of carbonyl (C=O) groups is 1. The quantitative estimate of drug-likeness (QED) is 0.506. The average Bonchev–Trinajstić information content (AvgIpc) is 3.21. The summed E-state index contributed by atoms with van der Waals surface area (Å²) < 4.78 is 7.55. The molecular weight excluding hydrogens is 404 g/mol. The highest BCUT2D eigenvalue weighted by Gasteiger charge is 2.20. The Balaban J connectivity index is 1.40. The standard InChI is InChI=1S/C25H32N4O3/c1-26(32-3)25(30)23-19-29(24-11-10-21(31-2)18-22(23)24)13-7-12-27-14-16-28(17-15-27)20-8-5-4-6-9-20/h4-6,8-11,18-19H,7,12-17H2,1-3H3. The molecular formula is C25H32N4O3. The number of aromatic nitrogens is 1. The molecule has 1 aromatic heterocycles. The first-order valence-electron chi connectivity index (χ1n) is 11.1. The van der Waals surface area contributed by atoms with Crippen molar-refractivity contribution in [1.82, 2.24) is 14.5 Å². The third-order valence-corrected chi connectivity index (χ3v) is 6.25. The lowest BCUT2D eigenvalue weighted by Crippen LogP contribution is -2.46. The van der Waals surface area contributed by atoms with Gasteiger partial charge in [0.1, 0.15) is 5.75 Å². The maximum absolute atomic E-state index is 12.8. The Bertz CT molecular complexity index is 1040. The van der Waals surface area contributed by atoms with E-state index in [1.54, 1.807) is 14.2 Å². The Kier molecular flexibility index (Phi) is 6.97. The summed E-state index contributed by atoms with van der Waals surface area (Å²) in [5.41, 5.74) is 2.96. The Morgan fingerprint density at radius 1 is 1.00 bits per heavy atom. The van der Waals surface area contributed by atoms with E-state index in [0.29, 0.717) is 5.56 Å². The highest BCUT2D eigenvalue weighted by molar-refractivity contribution is 6.06. The minimum Gasteiger partial charge on any atom is -0.497 e. The van der Waals surface area contributed by atoms with Gasteiger partial charge in [-0.15, -0.1) is 0 Å². The van der Waals surface area contributed by atoms with Crippen LogP contribution in [0.5, 0.6) is 5.75 Å². The van der Waals surface area contributed by atoms with E-state index in [1.807, 2.05) is 24.4 Å². The van der Waals surface area contributed by atoms with Gasteiger partial charge in [0, 0.05) is 62.6 Å². The topological polar surface area (TPSA) is 50.2 Å². The number of rotatable bonds is 8. The van der Waals surface area contributed by atoms with E-state index in [9.17, 15) is 4.79 Å². The predicted octanol–water partition coefficient (Wildman–Crippen LogP) is 3.50. The summed E-state index contributed by atoms with van der Waals surface area (Å²) in [6.45, 7) is 6.14. The first-order valence-corrected chi connectivity index (χ1v) is 11.1. The van der Waals surface area contributed by atoms with Crippen molar-refractivity contribution in [1.29, 1.82) is 0 Å². The van der Waals surface area contributed by atoms with Crippen LogP contribution in [0.3, 0.4) is 0 Å². The van der Waals surface area contributed by atoms with Crippen LogP contribution >= 0.6 is 0 Å². The van der Waals surface area contributed by atoms with Crippen LogP contribution in [0.15, 0.2) is 54.7 Å². The molecule has 7 heteroatoms. The van der Waals surface area contributed by atoms with Crippen LogP contribution in [0.1, 0.15) is 16.8 Å². The third kappa shape index (κ3) is 4.74. The number of carbonyl (C=O) groups excluding carboxylic acids is 1. The largest absolute Gasteiger partial charge is 0.497 e. The zero-order valence-electron chi connectivity index (χ0n) is 19.2. The number of fused-ring (bicyclic) bond motifs is 1. The summed E-state index contributed by atoms with van der Waals surface area (Å²) >= 11 is 0. The maximum atomic E-state index is 12.8. The van der Waals surface area contributed by atoms with Gasteiger partial charge in [0.25, 0.3) is 5.91 Å². The van der Waals surface area contributed by atoms with Crippen LogP contribution in [0.4, 0.5) is 5.69 Å². The SMILES string of the molecule is COc1ccc2c(c1)c(C(=O)N(C)OC)cn2CCCN1CCN(c2ccccc2)CC1. The van der Waals surface area contributed by atoms with Gasteiger partial charge in [-0.1, -0.05) is 18.2 Å². The number of hydroxylamine groups is 2. The molecule has 4 rings (SSSR count). The third-order valence-electron chi connectivity index (χ3n) is 6.25. The fourth-order valence-electron chi connectivity index (χ4n) is 4.34. The summed E-state index contributed by atoms with van der Waals surface area (Å²) in [6.07, 6.45) is 2.96. The number of ether oxygens (including phenoxy) is 1. The lowest BCUT2D eigenvalue weighted by molar-refractivity contribution is -0.0755. The molecule has 7 nitrogen and oxygen atoms in total. The summed E-state index contributed by atoms with van der Waals surface area (Å²) in [6, 6.07) is 16.5. The number of para-hydroxylation sites is 1. The number of hydrogen-bond donors (Lipinski definition) is 0. The average molecular weight is 437 g/mol. The van der Waals surface area contributed by atoms with Crippen LogP contribution in [-0.4, -0.2) is 74.4 Å². The molecule has 1 aliphatic rings. The highest BCUT2D eigenvalue weighted by Crippen LogP contribution is 2.27. The van der Waals surface area contributed by atoms with Gasteiger partial charge >= 0.3 is 0 Å². The van der Waals surface area contributed by atoms with Gasteiger partial charge in [0.05, 0.1) is 19.8 Å². The molecule has 0 radical (unpaired) electrons. The lowest BCUT2D eigenvalue weighted by atomic mass is 10.1. The van der Waals surface area contributed by atoms with Gasteiger partial charge in [-0.05, 0) is 43.3 Å². The van der Waals surface area contributed by atoms with Crippen molar-refractivity contribution in [3.05, 3.63) is 60.3 Å². The molecule has 0 saturated carbocycles. The number of piperazine rings is 1. The zero-order valence-corrected chi connectivity index (χ0v) is 19.2. The van der Waals surface area contributed by atoms with Crippen LogP contribution in [0.25, 0.3) is 10.9 Å². The van der Waals surface area contributed by atoms with E-state index in [2.05, 4.69) is 44.7 Å². The van der Waals surface area contributed by atoms with E-state index < -0.39 is 0 Å². The number of hydrogen-bond acceptors (Lipinski definition) is 5. The lowest BCUT2D eigenvalue weighted by Gasteiger charge is -2.36. The van der Waals surface area contributed by atoms with Gasteiger partial charge < -0.3 is 14.2 Å². The molecule has 1 saturated heterocycles. The van der Waals surface area contributed by atoms with Gasteiger partial charge in [0.15, 0.2) is 0 Å². The van der Waals surface area contributed by atoms with Crippen molar-refractivity contribution < 1.29 is 14.4 Å². The molecule has 2 aromatic carbocycles. The predicted molar refractivity (Wildman–Crippen MR) is 127 cm³/mol. The molecule has 0 spiro atoms. The van der Waals surface area contributed by atoms with Crippen LogP contribution in [0, 0.1) is 0 Å². The summed E-state index contributed by atoms with van der Waals surface area (Å²) in [4.78, 5) is 22.9. The van der Waals surface area contributed by atoms with E-state index in [0.717, 1.165) is 62.3 Å². The van der Waals surface area contributed by atoms with Gasteiger partial charge in [-0.2, -0.15) is 0 Å².